The van der Waals surface area contributed by atoms with Gasteiger partial charge in [0.25, 0.3) is 0 Å². The van der Waals surface area contributed by atoms with Crippen LogP contribution in [0.3, 0.4) is 0 Å². The molecule has 0 atom stereocenters. The summed E-state index contributed by atoms with van der Waals surface area (Å²) < 4.78 is 0.747. The highest BCUT2D eigenvalue weighted by molar-refractivity contribution is 9.10. The molecule has 1 amide bonds. The molecule has 0 aliphatic heterocycles. The number of halogens is 1. The van der Waals surface area contributed by atoms with Crippen molar-refractivity contribution in [3.8, 4) is 0 Å². The molecule has 0 saturated heterocycles. The second-order valence-corrected chi connectivity index (χ2v) is 6.09. The van der Waals surface area contributed by atoms with Crippen LogP contribution < -0.4 is 11.1 Å². The number of anilines is 1. The first kappa shape index (κ1) is 14.4. The maximum absolute atomic E-state index is 12.5. The van der Waals surface area contributed by atoms with Gasteiger partial charge in [-0.05, 0) is 40.9 Å². The molecule has 3 N–H and O–H groups in total. The van der Waals surface area contributed by atoms with E-state index >= 15 is 0 Å². The van der Waals surface area contributed by atoms with Crippen LogP contribution in [0.2, 0.25) is 0 Å². The van der Waals surface area contributed by atoms with Crippen LogP contribution in [0.25, 0.3) is 0 Å². The lowest BCUT2D eigenvalue weighted by Gasteiger charge is -2.34. The van der Waals surface area contributed by atoms with Crippen molar-refractivity contribution in [2.45, 2.75) is 32.1 Å². The Bertz CT molecular complexity index is 500. The topological polar surface area (TPSA) is 68.0 Å². The quantitative estimate of drug-likeness (QED) is 0.829. The van der Waals surface area contributed by atoms with Crippen molar-refractivity contribution >= 4 is 44.9 Å². The maximum atomic E-state index is 12.5. The standard InChI is InChI=1S/C13H16BrN3OS/c14-9-5-4-8-16-10(9)17-12(18)13(11(15)19)6-2-1-3-7-13/h4-5,8H,1-3,6-7H2,(H2,15,19)(H,16,17,18). The van der Waals surface area contributed by atoms with Gasteiger partial charge in [-0.25, -0.2) is 4.98 Å². The summed E-state index contributed by atoms with van der Waals surface area (Å²) in [4.78, 5) is 17.0. The number of thiocarbonyl (C=S) groups is 1. The van der Waals surface area contributed by atoms with Crippen LogP contribution in [0.5, 0.6) is 0 Å². The molecule has 0 spiro atoms. The number of amides is 1. The molecule has 1 aliphatic carbocycles. The number of nitrogens with zero attached hydrogens (tertiary/aromatic N) is 1. The second kappa shape index (κ2) is 5.96. The number of hydrogen-bond donors (Lipinski definition) is 2. The molecular weight excluding hydrogens is 326 g/mol. The predicted molar refractivity (Wildman–Crippen MR) is 82.9 cm³/mol. The molecule has 4 nitrogen and oxygen atoms in total. The van der Waals surface area contributed by atoms with Gasteiger partial charge in [-0.1, -0.05) is 31.5 Å². The van der Waals surface area contributed by atoms with Crippen molar-refractivity contribution in [1.82, 2.24) is 4.98 Å². The van der Waals surface area contributed by atoms with E-state index in [1.807, 2.05) is 6.07 Å². The lowest BCUT2D eigenvalue weighted by Crippen LogP contribution is -2.47. The van der Waals surface area contributed by atoms with Crippen LogP contribution in [0, 0.1) is 5.41 Å². The SMILES string of the molecule is NC(=S)C1(C(=O)Nc2ncccc2Br)CCCCC1. The van der Waals surface area contributed by atoms with E-state index in [1.165, 1.54) is 0 Å². The molecule has 1 aliphatic rings. The highest BCUT2D eigenvalue weighted by atomic mass is 79.9. The van der Waals surface area contributed by atoms with Gasteiger partial charge in [-0.3, -0.25) is 4.79 Å². The first-order valence-electron chi connectivity index (χ1n) is 6.28. The molecule has 6 heteroatoms. The van der Waals surface area contributed by atoms with Gasteiger partial charge in [0.1, 0.15) is 5.82 Å². The fraction of sp³-hybridized carbons (Fsp3) is 0.462. The van der Waals surface area contributed by atoms with Crippen molar-refractivity contribution in [1.29, 1.82) is 0 Å². The number of carbonyl (C=O) groups is 1. The third-order valence-corrected chi connectivity index (χ3v) is 4.63. The van der Waals surface area contributed by atoms with Gasteiger partial charge in [0.15, 0.2) is 0 Å². The summed E-state index contributed by atoms with van der Waals surface area (Å²) in [6.45, 7) is 0. The van der Waals surface area contributed by atoms with E-state index in [0.717, 1.165) is 36.6 Å². The van der Waals surface area contributed by atoms with Gasteiger partial charge in [0.2, 0.25) is 5.91 Å². The van der Waals surface area contributed by atoms with E-state index < -0.39 is 5.41 Å². The van der Waals surface area contributed by atoms with E-state index in [4.69, 9.17) is 18.0 Å². The van der Waals surface area contributed by atoms with E-state index in [-0.39, 0.29) is 10.9 Å². The number of pyridine rings is 1. The van der Waals surface area contributed by atoms with Gasteiger partial charge >= 0.3 is 0 Å². The summed E-state index contributed by atoms with van der Waals surface area (Å²) in [6.07, 6.45) is 6.17. The Morgan fingerprint density at radius 2 is 2.11 bits per heavy atom. The van der Waals surface area contributed by atoms with Crippen LogP contribution in [-0.2, 0) is 4.79 Å². The second-order valence-electron chi connectivity index (χ2n) is 4.79. The number of hydrogen-bond acceptors (Lipinski definition) is 3. The van der Waals surface area contributed by atoms with Crippen LogP contribution in [-0.4, -0.2) is 15.9 Å². The number of rotatable bonds is 3. The number of nitrogens with two attached hydrogens (primary N) is 1. The first-order chi connectivity index (χ1) is 9.06. The summed E-state index contributed by atoms with van der Waals surface area (Å²) in [5.74, 6) is 0.368. The zero-order valence-corrected chi connectivity index (χ0v) is 12.9. The lowest BCUT2D eigenvalue weighted by atomic mass is 9.73. The summed E-state index contributed by atoms with van der Waals surface area (Å²) >= 11 is 8.50. The number of carbonyl (C=O) groups excluding carboxylic acids is 1. The average molecular weight is 342 g/mol. The van der Waals surface area contributed by atoms with Crippen molar-refractivity contribution < 1.29 is 4.79 Å². The number of nitrogens with one attached hydrogen (secondary N) is 1. The first-order valence-corrected chi connectivity index (χ1v) is 7.48. The molecule has 0 radical (unpaired) electrons. The van der Waals surface area contributed by atoms with Gasteiger partial charge in [0, 0.05) is 6.20 Å². The molecule has 1 aromatic heterocycles. The van der Waals surface area contributed by atoms with Crippen molar-refractivity contribution in [2.75, 3.05) is 5.32 Å². The summed E-state index contributed by atoms with van der Waals surface area (Å²) in [7, 11) is 0. The molecule has 0 aromatic carbocycles. The fourth-order valence-electron chi connectivity index (χ4n) is 2.45. The van der Waals surface area contributed by atoms with Crippen LogP contribution in [0.15, 0.2) is 22.8 Å². The van der Waals surface area contributed by atoms with E-state index in [0.29, 0.717) is 5.82 Å². The van der Waals surface area contributed by atoms with E-state index in [2.05, 4.69) is 26.2 Å². The fourth-order valence-corrected chi connectivity index (χ4v) is 3.10. The van der Waals surface area contributed by atoms with Crippen LogP contribution in [0.4, 0.5) is 5.82 Å². The molecular formula is C13H16BrN3OS. The summed E-state index contributed by atoms with van der Waals surface area (Å²) in [5.41, 5.74) is 5.12. The average Bonchev–Trinajstić information content (AvgIpc) is 2.42. The van der Waals surface area contributed by atoms with E-state index in [9.17, 15) is 4.79 Å². The molecule has 0 unspecified atom stereocenters. The largest absolute Gasteiger partial charge is 0.392 e. The minimum absolute atomic E-state index is 0.140. The highest BCUT2D eigenvalue weighted by Crippen LogP contribution is 2.38. The smallest absolute Gasteiger partial charge is 0.238 e. The highest BCUT2D eigenvalue weighted by Gasteiger charge is 2.42. The third-order valence-electron chi connectivity index (χ3n) is 3.60. The monoisotopic (exact) mass is 341 g/mol. The van der Waals surface area contributed by atoms with Gasteiger partial charge < -0.3 is 11.1 Å². The molecule has 102 valence electrons. The summed E-state index contributed by atoms with van der Waals surface area (Å²) in [5, 5.41) is 2.84. The molecule has 1 heterocycles. The number of aromatic nitrogens is 1. The molecule has 2 rings (SSSR count). The van der Waals surface area contributed by atoms with Crippen molar-refractivity contribution in [3.05, 3.63) is 22.8 Å². The Labute approximate surface area is 126 Å². The predicted octanol–water partition coefficient (Wildman–Crippen LogP) is 3.02. The Balaban J connectivity index is 2.21. The third kappa shape index (κ3) is 2.95. The molecule has 1 fully saturated rings. The maximum Gasteiger partial charge on any atom is 0.238 e. The van der Waals surface area contributed by atoms with Crippen LogP contribution >= 0.6 is 28.1 Å². The molecule has 0 bridgehead atoms. The molecule has 1 aromatic rings. The van der Waals surface area contributed by atoms with Crippen molar-refractivity contribution in [3.63, 3.8) is 0 Å². The van der Waals surface area contributed by atoms with Gasteiger partial charge in [0.05, 0.1) is 14.9 Å². The zero-order chi connectivity index (χ0) is 13.9. The van der Waals surface area contributed by atoms with E-state index in [1.54, 1.807) is 12.3 Å². The zero-order valence-electron chi connectivity index (χ0n) is 10.5. The Morgan fingerprint density at radius 1 is 1.42 bits per heavy atom. The van der Waals surface area contributed by atoms with Gasteiger partial charge in [-0.2, -0.15) is 0 Å². The normalized spacial score (nSPS) is 17.7. The Kier molecular flexibility index (Phi) is 4.52. The molecule has 1 saturated carbocycles. The van der Waals surface area contributed by atoms with Crippen molar-refractivity contribution in [2.24, 2.45) is 11.1 Å². The Hall–Kier alpha value is -1.01. The minimum atomic E-state index is -0.718. The van der Waals surface area contributed by atoms with Crippen LogP contribution in [0.1, 0.15) is 32.1 Å². The summed E-state index contributed by atoms with van der Waals surface area (Å²) in [6, 6.07) is 3.63. The Morgan fingerprint density at radius 3 is 2.68 bits per heavy atom. The van der Waals surface area contributed by atoms with Gasteiger partial charge in [-0.15, -0.1) is 0 Å². The molecule has 19 heavy (non-hydrogen) atoms. The minimum Gasteiger partial charge on any atom is -0.392 e. The lowest BCUT2D eigenvalue weighted by molar-refractivity contribution is -0.123.